The molecule has 104 valence electrons. The third-order valence-electron chi connectivity index (χ3n) is 3.04. The van der Waals surface area contributed by atoms with Crippen LogP contribution in [0.3, 0.4) is 0 Å². The van der Waals surface area contributed by atoms with E-state index in [1.165, 1.54) is 0 Å². The summed E-state index contributed by atoms with van der Waals surface area (Å²) in [7, 11) is 0. The highest BCUT2D eigenvalue weighted by Crippen LogP contribution is 2.35. The maximum Gasteiger partial charge on any atom is 0.213 e. The van der Waals surface area contributed by atoms with Crippen molar-refractivity contribution in [2.45, 2.75) is 26.2 Å². The molecule has 20 heavy (non-hydrogen) atoms. The Bertz CT molecular complexity index is 749. The zero-order valence-corrected chi connectivity index (χ0v) is 13.9. The van der Waals surface area contributed by atoms with Gasteiger partial charge in [0.15, 0.2) is 0 Å². The normalized spacial score (nSPS) is 12.2. The Morgan fingerprint density at radius 1 is 1.25 bits per heavy atom. The number of hydrogen-bond acceptors (Lipinski definition) is 4. The summed E-state index contributed by atoms with van der Waals surface area (Å²) in [6.45, 7) is 6.34. The Morgan fingerprint density at radius 2 is 1.95 bits per heavy atom. The number of hydrogen-bond donors (Lipinski definition) is 1. The van der Waals surface area contributed by atoms with Crippen LogP contribution in [0.1, 0.15) is 26.5 Å². The van der Waals surface area contributed by atoms with Crippen LogP contribution in [0, 0.1) is 0 Å². The first-order valence-electron chi connectivity index (χ1n) is 6.28. The number of nitrogens with zero attached hydrogens (tertiary/aromatic N) is 3. The molecule has 0 saturated carbocycles. The highest BCUT2D eigenvalue weighted by atomic mass is 79.9. The molecular formula is C14H15BrN4S. The molecule has 0 fully saturated rings. The molecule has 4 nitrogen and oxygen atoms in total. The smallest absolute Gasteiger partial charge is 0.213 e. The second kappa shape index (κ2) is 4.56. The molecule has 0 aliphatic heterocycles. The summed E-state index contributed by atoms with van der Waals surface area (Å²) in [4.78, 5) is 4.60. The predicted octanol–water partition coefficient (Wildman–Crippen LogP) is 4.12. The zero-order valence-electron chi connectivity index (χ0n) is 11.5. The van der Waals surface area contributed by atoms with Crippen LogP contribution in [0.25, 0.3) is 15.3 Å². The maximum atomic E-state index is 6.17. The highest BCUT2D eigenvalue weighted by molar-refractivity contribution is 9.10. The third kappa shape index (κ3) is 2.13. The molecule has 6 heteroatoms. The molecule has 0 spiro atoms. The van der Waals surface area contributed by atoms with Crippen molar-refractivity contribution in [3.63, 3.8) is 0 Å². The lowest BCUT2D eigenvalue weighted by molar-refractivity contribution is 0.558. The van der Waals surface area contributed by atoms with E-state index in [0.717, 1.165) is 25.5 Å². The molecule has 0 bridgehead atoms. The van der Waals surface area contributed by atoms with Crippen LogP contribution < -0.4 is 5.73 Å². The van der Waals surface area contributed by atoms with E-state index in [9.17, 15) is 0 Å². The van der Waals surface area contributed by atoms with Gasteiger partial charge in [0.05, 0.1) is 20.4 Å². The van der Waals surface area contributed by atoms with Crippen LogP contribution >= 0.6 is 27.3 Å². The van der Waals surface area contributed by atoms with Crippen LogP contribution in [-0.2, 0) is 5.41 Å². The van der Waals surface area contributed by atoms with Crippen LogP contribution in [0.4, 0.5) is 5.82 Å². The molecule has 0 amide bonds. The second-order valence-electron chi connectivity index (χ2n) is 5.67. The molecule has 0 aliphatic rings. The number of benzene rings is 1. The first-order valence-corrected chi connectivity index (χ1v) is 7.89. The molecule has 0 aliphatic carbocycles. The number of anilines is 1. The number of aromatic nitrogens is 3. The minimum atomic E-state index is -0.0745. The molecule has 0 radical (unpaired) electrons. The molecular weight excluding hydrogens is 336 g/mol. The van der Waals surface area contributed by atoms with Gasteiger partial charge in [-0.1, -0.05) is 44.2 Å². The minimum absolute atomic E-state index is 0.0745. The van der Waals surface area contributed by atoms with Crippen LogP contribution in [-0.4, -0.2) is 14.8 Å². The predicted molar refractivity (Wildman–Crippen MR) is 87.6 cm³/mol. The van der Waals surface area contributed by atoms with E-state index in [4.69, 9.17) is 5.73 Å². The van der Waals surface area contributed by atoms with Gasteiger partial charge in [-0.05, 0) is 28.1 Å². The van der Waals surface area contributed by atoms with Gasteiger partial charge in [0.1, 0.15) is 5.82 Å². The van der Waals surface area contributed by atoms with Crippen molar-refractivity contribution in [2.24, 2.45) is 0 Å². The van der Waals surface area contributed by atoms with E-state index in [-0.39, 0.29) is 5.41 Å². The van der Waals surface area contributed by atoms with E-state index in [0.29, 0.717) is 5.82 Å². The lowest BCUT2D eigenvalue weighted by Gasteiger charge is -2.15. The number of thiazole rings is 1. The summed E-state index contributed by atoms with van der Waals surface area (Å²) >= 11 is 5.13. The number of nitrogen functional groups attached to an aromatic ring is 1. The minimum Gasteiger partial charge on any atom is -0.383 e. The van der Waals surface area contributed by atoms with Gasteiger partial charge in [-0.15, -0.1) is 0 Å². The standard InChI is InChI=1S/C14H15BrN4S/c1-14(2,3)11-10(15)12(16)19(18-11)13-17-8-6-4-5-7-9(8)20-13/h4-7H,16H2,1-3H3. The summed E-state index contributed by atoms with van der Waals surface area (Å²) in [5.41, 5.74) is 8.01. The SMILES string of the molecule is CC(C)(C)c1nn(-c2nc3ccccc3s2)c(N)c1Br. The first kappa shape index (κ1) is 13.6. The van der Waals surface area contributed by atoms with E-state index >= 15 is 0 Å². The summed E-state index contributed by atoms with van der Waals surface area (Å²) in [5.74, 6) is 0.592. The van der Waals surface area contributed by atoms with E-state index in [1.807, 2.05) is 18.2 Å². The lowest BCUT2D eigenvalue weighted by Crippen LogP contribution is -2.13. The van der Waals surface area contributed by atoms with Crippen LogP contribution in [0.15, 0.2) is 28.7 Å². The van der Waals surface area contributed by atoms with Gasteiger partial charge in [-0.25, -0.2) is 4.98 Å². The third-order valence-corrected chi connectivity index (χ3v) is 4.83. The van der Waals surface area contributed by atoms with Crippen molar-refractivity contribution >= 4 is 43.3 Å². The van der Waals surface area contributed by atoms with Crippen molar-refractivity contribution in [2.75, 3.05) is 5.73 Å². The van der Waals surface area contributed by atoms with Gasteiger partial charge < -0.3 is 5.73 Å². The van der Waals surface area contributed by atoms with Gasteiger partial charge in [-0.2, -0.15) is 9.78 Å². The van der Waals surface area contributed by atoms with Gasteiger partial charge in [-0.3, -0.25) is 0 Å². The van der Waals surface area contributed by atoms with Gasteiger partial charge in [0, 0.05) is 5.41 Å². The Labute approximate surface area is 129 Å². The Balaban J connectivity index is 2.19. The maximum absolute atomic E-state index is 6.17. The lowest BCUT2D eigenvalue weighted by atomic mass is 9.92. The number of halogens is 1. The molecule has 3 rings (SSSR count). The van der Waals surface area contributed by atoms with E-state index in [2.05, 4.69) is 52.9 Å². The van der Waals surface area contributed by atoms with Gasteiger partial charge in [0.2, 0.25) is 5.13 Å². The first-order chi connectivity index (χ1) is 9.38. The van der Waals surface area contributed by atoms with Crippen molar-refractivity contribution < 1.29 is 0 Å². The number of rotatable bonds is 1. The summed E-state index contributed by atoms with van der Waals surface area (Å²) in [6.07, 6.45) is 0. The van der Waals surface area contributed by atoms with Crippen molar-refractivity contribution in [3.05, 3.63) is 34.4 Å². The average molecular weight is 351 g/mol. The molecule has 0 saturated heterocycles. The summed E-state index contributed by atoms with van der Waals surface area (Å²) < 4.78 is 3.70. The Hall–Kier alpha value is -1.40. The topological polar surface area (TPSA) is 56.7 Å². The zero-order chi connectivity index (χ0) is 14.5. The van der Waals surface area contributed by atoms with Crippen LogP contribution in [0.2, 0.25) is 0 Å². The van der Waals surface area contributed by atoms with Crippen molar-refractivity contribution in [1.82, 2.24) is 14.8 Å². The van der Waals surface area contributed by atoms with E-state index < -0.39 is 0 Å². The van der Waals surface area contributed by atoms with E-state index in [1.54, 1.807) is 16.0 Å². The fourth-order valence-corrected chi connectivity index (χ4v) is 3.76. The molecule has 2 heterocycles. The molecule has 2 N–H and O–H groups in total. The molecule has 1 aromatic carbocycles. The largest absolute Gasteiger partial charge is 0.383 e. The van der Waals surface area contributed by atoms with Gasteiger partial charge >= 0.3 is 0 Å². The van der Waals surface area contributed by atoms with Crippen LogP contribution in [0.5, 0.6) is 0 Å². The fraction of sp³-hybridized carbons (Fsp3) is 0.286. The average Bonchev–Trinajstić information content (AvgIpc) is 2.91. The fourth-order valence-electron chi connectivity index (χ4n) is 1.99. The van der Waals surface area contributed by atoms with Gasteiger partial charge in [0.25, 0.3) is 0 Å². The number of para-hydroxylation sites is 1. The number of fused-ring (bicyclic) bond motifs is 1. The van der Waals surface area contributed by atoms with Crippen molar-refractivity contribution in [3.8, 4) is 5.13 Å². The summed E-state index contributed by atoms with van der Waals surface area (Å²) in [6, 6.07) is 8.03. The Morgan fingerprint density at radius 3 is 2.55 bits per heavy atom. The quantitative estimate of drug-likeness (QED) is 0.717. The molecule has 0 unspecified atom stereocenters. The molecule has 2 aromatic heterocycles. The van der Waals surface area contributed by atoms with Crippen molar-refractivity contribution in [1.29, 1.82) is 0 Å². The highest BCUT2D eigenvalue weighted by Gasteiger charge is 2.25. The summed E-state index contributed by atoms with van der Waals surface area (Å²) in [5, 5.41) is 5.43. The Kier molecular flexibility index (Phi) is 3.10. The number of nitrogens with two attached hydrogens (primary N) is 1. The molecule has 0 atom stereocenters. The molecule has 3 aromatic rings. The monoisotopic (exact) mass is 350 g/mol. The second-order valence-corrected chi connectivity index (χ2v) is 7.48.